The van der Waals surface area contributed by atoms with E-state index < -0.39 is 14.3 Å². The lowest BCUT2D eigenvalue weighted by Gasteiger charge is -2.20. The number of rotatable bonds is 6. The Labute approximate surface area is 80.9 Å². The summed E-state index contributed by atoms with van der Waals surface area (Å²) >= 11 is 0. The van der Waals surface area contributed by atoms with Crippen LogP contribution in [0.2, 0.25) is 19.1 Å². The topological polar surface area (TPSA) is 35.5 Å². The molecule has 4 heteroatoms. The second-order valence-electron chi connectivity index (χ2n) is 3.23. The van der Waals surface area contributed by atoms with Crippen LogP contribution in [0.3, 0.4) is 0 Å². The van der Waals surface area contributed by atoms with E-state index in [1.54, 1.807) is 0 Å². The fraction of sp³-hybridized carbons (Fsp3) is 0.556. The van der Waals surface area contributed by atoms with Gasteiger partial charge in [-0.15, -0.1) is 0 Å². The molecule has 75 valence electrons. The summed E-state index contributed by atoms with van der Waals surface area (Å²) in [6, 6.07) is 0.822. The zero-order chi connectivity index (χ0) is 10.3. The molecule has 0 unspecified atom stereocenters. The Bertz CT molecular complexity index is 178. The largest absolute Gasteiger partial charge is 0.460 e. The quantitative estimate of drug-likeness (QED) is 0.284. The Morgan fingerprint density at radius 1 is 1.46 bits per heavy atom. The van der Waals surface area contributed by atoms with Gasteiger partial charge in [-0.2, -0.15) is 0 Å². The van der Waals surface area contributed by atoms with Gasteiger partial charge in [0.05, 0.1) is 6.61 Å². The standard InChI is InChI=1S/C9H17O3Si/c1-5-9(10)11-7-8-12-13(3,4)6-2/h5H,1-2,6-8H2,3-4H3. The number of ether oxygens (including phenoxy) is 1. The Morgan fingerprint density at radius 2 is 2.08 bits per heavy atom. The van der Waals surface area contributed by atoms with Gasteiger partial charge in [-0.3, -0.25) is 0 Å². The first-order valence-electron chi connectivity index (χ1n) is 4.24. The highest BCUT2D eigenvalue weighted by atomic mass is 28.4. The zero-order valence-corrected chi connectivity index (χ0v) is 9.34. The molecule has 0 bridgehead atoms. The van der Waals surface area contributed by atoms with Gasteiger partial charge in [0.15, 0.2) is 8.32 Å². The molecule has 0 atom stereocenters. The van der Waals surface area contributed by atoms with Crippen molar-refractivity contribution in [2.24, 2.45) is 0 Å². The van der Waals surface area contributed by atoms with Gasteiger partial charge >= 0.3 is 5.97 Å². The SMILES string of the molecule is [CH2]C[Si](C)(C)OCCOC(=O)C=C. The molecule has 0 amide bonds. The first-order chi connectivity index (χ1) is 6.02. The van der Waals surface area contributed by atoms with Crippen molar-refractivity contribution in [2.75, 3.05) is 13.2 Å². The van der Waals surface area contributed by atoms with Crippen molar-refractivity contribution in [1.82, 2.24) is 0 Å². The molecule has 0 aliphatic rings. The molecule has 0 saturated heterocycles. The Balaban J connectivity index is 3.46. The smallest absolute Gasteiger partial charge is 0.330 e. The Morgan fingerprint density at radius 3 is 2.54 bits per heavy atom. The lowest BCUT2D eigenvalue weighted by molar-refractivity contribution is -0.138. The molecule has 0 aliphatic carbocycles. The van der Waals surface area contributed by atoms with Gasteiger partial charge in [0.1, 0.15) is 6.61 Å². The van der Waals surface area contributed by atoms with Crippen molar-refractivity contribution in [3.05, 3.63) is 19.6 Å². The van der Waals surface area contributed by atoms with Crippen LogP contribution >= 0.6 is 0 Å². The van der Waals surface area contributed by atoms with Crippen LogP contribution in [0.5, 0.6) is 0 Å². The van der Waals surface area contributed by atoms with Crippen LogP contribution in [0.1, 0.15) is 0 Å². The van der Waals surface area contributed by atoms with Gasteiger partial charge in [-0.25, -0.2) is 4.79 Å². The average molecular weight is 201 g/mol. The molecule has 13 heavy (non-hydrogen) atoms. The first-order valence-corrected chi connectivity index (χ1v) is 7.36. The number of carbonyl (C=O) groups excluding carboxylic acids is 1. The van der Waals surface area contributed by atoms with E-state index in [2.05, 4.69) is 26.6 Å². The summed E-state index contributed by atoms with van der Waals surface area (Å²) in [5, 5.41) is 0. The third-order valence-corrected chi connectivity index (χ3v) is 3.78. The third kappa shape index (κ3) is 6.54. The highest BCUT2D eigenvalue weighted by molar-refractivity contribution is 6.71. The van der Waals surface area contributed by atoms with Crippen LogP contribution in [0.4, 0.5) is 0 Å². The molecule has 0 heterocycles. The summed E-state index contributed by atoms with van der Waals surface area (Å²) in [6.45, 7) is 12.0. The van der Waals surface area contributed by atoms with E-state index in [4.69, 9.17) is 9.16 Å². The minimum atomic E-state index is -1.59. The highest BCUT2D eigenvalue weighted by Crippen LogP contribution is 2.08. The number of hydrogen-bond donors (Lipinski definition) is 0. The van der Waals surface area contributed by atoms with E-state index in [0.29, 0.717) is 13.2 Å². The molecule has 0 aromatic carbocycles. The van der Waals surface area contributed by atoms with Crippen molar-refractivity contribution in [3.8, 4) is 0 Å². The summed E-state index contributed by atoms with van der Waals surface area (Å²) < 4.78 is 10.3. The van der Waals surface area contributed by atoms with Gasteiger partial charge < -0.3 is 9.16 Å². The number of esters is 1. The molecular weight excluding hydrogens is 184 g/mol. The predicted molar refractivity (Wildman–Crippen MR) is 54.8 cm³/mol. The van der Waals surface area contributed by atoms with E-state index in [1.165, 1.54) is 0 Å². The van der Waals surface area contributed by atoms with Crippen LogP contribution < -0.4 is 0 Å². The van der Waals surface area contributed by atoms with Crippen LogP contribution in [-0.2, 0) is 14.0 Å². The maximum atomic E-state index is 10.6. The van der Waals surface area contributed by atoms with Crippen LogP contribution in [0.25, 0.3) is 0 Å². The summed E-state index contributed by atoms with van der Waals surface area (Å²) in [6.07, 6.45) is 1.14. The van der Waals surface area contributed by atoms with Gasteiger partial charge in [-0.05, 0) is 19.1 Å². The molecule has 0 fully saturated rings. The van der Waals surface area contributed by atoms with Crippen molar-refractivity contribution in [3.63, 3.8) is 0 Å². The molecule has 0 aliphatic heterocycles. The second kappa shape index (κ2) is 5.94. The maximum Gasteiger partial charge on any atom is 0.330 e. The second-order valence-corrected chi connectivity index (χ2v) is 7.54. The Hall–Kier alpha value is -0.613. The minimum absolute atomic E-state index is 0.293. The summed E-state index contributed by atoms with van der Waals surface area (Å²) in [4.78, 5) is 10.6. The van der Waals surface area contributed by atoms with Crippen molar-refractivity contribution >= 4 is 14.3 Å². The lowest BCUT2D eigenvalue weighted by atomic mass is 10.6. The van der Waals surface area contributed by atoms with Crippen LogP contribution in [-0.4, -0.2) is 27.5 Å². The molecule has 0 aromatic rings. The van der Waals surface area contributed by atoms with Crippen molar-refractivity contribution in [2.45, 2.75) is 19.1 Å². The van der Waals surface area contributed by atoms with Crippen LogP contribution in [0.15, 0.2) is 12.7 Å². The molecule has 0 spiro atoms. The van der Waals surface area contributed by atoms with Gasteiger partial charge in [0, 0.05) is 6.08 Å². The van der Waals surface area contributed by atoms with Crippen molar-refractivity contribution in [1.29, 1.82) is 0 Å². The number of hydrogen-bond acceptors (Lipinski definition) is 3. The van der Waals surface area contributed by atoms with E-state index in [1.807, 2.05) is 0 Å². The molecular formula is C9H17O3Si. The molecule has 0 aromatic heterocycles. The van der Waals surface area contributed by atoms with E-state index in [-0.39, 0.29) is 0 Å². The zero-order valence-electron chi connectivity index (χ0n) is 8.34. The fourth-order valence-corrected chi connectivity index (χ4v) is 1.37. The summed E-state index contributed by atoms with van der Waals surface area (Å²) in [7, 11) is -1.59. The van der Waals surface area contributed by atoms with Gasteiger partial charge in [0.2, 0.25) is 0 Å². The predicted octanol–water partition coefficient (Wildman–Crippen LogP) is 1.77. The third-order valence-electron chi connectivity index (χ3n) is 1.59. The maximum absolute atomic E-state index is 10.6. The van der Waals surface area contributed by atoms with Crippen LogP contribution in [0, 0.1) is 6.92 Å². The molecule has 0 saturated carbocycles. The van der Waals surface area contributed by atoms with Gasteiger partial charge in [0.25, 0.3) is 0 Å². The summed E-state index contributed by atoms with van der Waals surface area (Å²) in [5.41, 5.74) is 0. The minimum Gasteiger partial charge on any atom is -0.460 e. The molecule has 1 radical (unpaired) electrons. The summed E-state index contributed by atoms with van der Waals surface area (Å²) in [5.74, 6) is -0.405. The molecule has 0 rings (SSSR count). The molecule has 3 nitrogen and oxygen atoms in total. The van der Waals surface area contributed by atoms with E-state index >= 15 is 0 Å². The number of carbonyl (C=O) groups is 1. The first kappa shape index (κ1) is 12.4. The van der Waals surface area contributed by atoms with Crippen molar-refractivity contribution < 1.29 is 14.0 Å². The normalized spacial score (nSPS) is 11.0. The average Bonchev–Trinajstić information content (AvgIpc) is 2.12. The Kier molecular flexibility index (Phi) is 5.66. The van der Waals surface area contributed by atoms with Gasteiger partial charge in [-0.1, -0.05) is 13.5 Å². The molecule has 0 N–H and O–H groups in total. The highest BCUT2D eigenvalue weighted by Gasteiger charge is 2.18. The van der Waals surface area contributed by atoms with E-state index in [9.17, 15) is 4.79 Å². The monoisotopic (exact) mass is 201 g/mol. The lowest BCUT2D eigenvalue weighted by Crippen LogP contribution is -2.30. The van der Waals surface area contributed by atoms with E-state index in [0.717, 1.165) is 12.1 Å². The fourth-order valence-electron chi connectivity index (χ4n) is 0.591.